The lowest BCUT2D eigenvalue weighted by Crippen LogP contribution is -2.15. The number of anilines is 2. The van der Waals surface area contributed by atoms with Gasteiger partial charge in [-0.1, -0.05) is 28.1 Å². The van der Waals surface area contributed by atoms with Gasteiger partial charge >= 0.3 is 0 Å². The highest BCUT2D eigenvalue weighted by Gasteiger charge is 2.18. The summed E-state index contributed by atoms with van der Waals surface area (Å²) in [5, 5.41) is 0. The third kappa shape index (κ3) is 3.13. The zero-order valence-corrected chi connectivity index (χ0v) is 13.5. The Hall–Kier alpha value is -1.53. The molecule has 0 aliphatic heterocycles. The van der Waals surface area contributed by atoms with Crippen LogP contribution in [0.3, 0.4) is 0 Å². The van der Waals surface area contributed by atoms with Crippen molar-refractivity contribution >= 4 is 37.3 Å². The van der Waals surface area contributed by atoms with Crippen LogP contribution in [0, 0.1) is 13.8 Å². The van der Waals surface area contributed by atoms with E-state index in [0.717, 1.165) is 5.56 Å². The Kier molecular flexibility index (Phi) is 4.06. The average molecular weight is 355 g/mol. The molecule has 0 atom stereocenters. The van der Waals surface area contributed by atoms with E-state index in [9.17, 15) is 8.42 Å². The normalized spacial score (nSPS) is 11.3. The summed E-state index contributed by atoms with van der Waals surface area (Å²) < 4.78 is 28.2. The van der Waals surface area contributed by atoms with Gasteiger partial charge in [0.05, 0.1) is 10.6 Å². The van der Waals surface area contributed by atoms with Gasteiger partial charge in [-0.25, -0.2) is 8.42 Å². The van der Waals surface area contributed by atoms with Gasteiger partial charge in [-0.2, -0.15) is 0 Å². The van der Waals surface area contributed by atoms with Crippen molar-refractivity contribution in [2.75, 3.05) is 10.5 Å². The molecule has 2 rings (SSSR count). The fourth-order valence-corrected chi connectivity index (χ4v) is 3.72. The summed E-state index contributed by atoms with van der Waals surface area (Å²) in [6.07, 6.45) is 0. The number of nitrogens with two attached hydrogens (primary N) is 1. The number of benzene rings is 2. The zero-order valence-electron chi connectivity index (χ0n) is 11.1. The Morgan fingerprint density at radius 3 is 2.40 bits per heavy atom. The van der Waals surface area contributed by atoms with Gasteiger partial charge in [0, 0.05) is 10.2 Å². The molecule has 0 saturated heterocycles. The lowest BCUT2D eigenvalue weighted by atomic mass is 10.2. The van der Waals surface area contributed by atoms with Crippen molar-refractivity contribution in [2.24, 2.45) is 0 Å². The number of hydrogen-bond acceptors (Lipinski definition) is 3. The Bertz CT molecular complexity index is 758. The fourth-order valence-electron chi connectivity index (χ4n) is 1.81. The van der Waals surface area contributed by atoms with Crippen molar-refractivity contribution in [2.45, 2.75) is 18.7 Å². The maximum atomic E-state index is 12.5. The summed E-state index contributed by atoms with van der Waals surface area (Å²) in [5.74, 6) is 0. The van der Waals surface area contributed by atoms with Crippen LogP contribution in [0.4, 0.5) is 11.4 Å². The van der Waals surface area contributed by atoms with Crippen molar-refractivity contribution in [3.8, 4) is 0 Å². The average Bonchev–Trinajstić information content (AvgIpc) is 2.36. The molecule has 0 spiro atoms. The lowest BCUT2D eigenvalue weighted by Gasteiger charge is -2.13. The van der Waals surface area contributed by atoms with Gasteiger partial charge in [0.1, 0.15) is 0 Å². The van der Waals surface area contributed by atoms with Crippen molar-refractivity contribution in [3.05, 3.63) is 52.0 Å². The molecule has 0 amide bonds. The molecule has 3 N–H and O–H groups in total. The first-order valence-electron chi connectivity index (χ1n) is 5.95. The minimum Gasteiger partial charge on any atom is -0.399 e. The first-order chi connectivity index (χ1) is 9.29. The van der Waals surface area contributed by atoms with E-state index >= 15 is 0 Å². The van der Waals surface area contributed by atoms with E-state index in [1.807, 2.05) is 6.92 Å². The van der Waals surface area contributed by atoms with Crippen molar-refractivity contribution in [1.29, 1.82) is 0 Å². The zero-order chi connectivity index (χ0) is 14.9. The van der Waals surface area contributed by atoms with Gasteiger partial charge in [0.25, 0.3) is 10.0 Å². The number of rotatable bonds is 3. The van der Waals surface area contributed by atoms with E-state index in [4.69, 9.17) is 5.73 Å². The molecule has 0 unspecified atom stereocenters. The molecule has 0 heterocycles. The molecule has 4 nitrogen and oxygen atoms in total. The molecule has 0 aliphatic carbocycles. The molecule has 0 bridgehead atoms. The standard InChI is InChI=1S/C14H15BrN2O2S/c1-9-4-6-12(16)8-13(9)17-20(18,19)14-7-11(15)5-3-10(14)2/h3-8,17H,16H2,1-2H3. The molecular formula is C14H15BrN2O2S. The molecule has 6 heteroatoms. The third-order valence-electron chi connectivity index (χ3n) is 2.95. The second kappa shape index (κ2) is 5.46. The largest absolute Gasteiger partial charge is 0.399 e. The summed E-state index contributed by atoms with van der Waals surface area (Å²) in [6, 6.07) is 10.3. The molecule has 106 valence electrons. The monoisotopic (exact) mass is 354 g/mol. The Balaban J connectivity index is 2.46. The molecule has 0 saturated carbocycles. The number of sulfonamides is 1. The molecule has 0 fully saturated rings. The number of nitrogens with one attached hydrogen (secondary N) is 1. The van der Waals surface area contributed by atoms with Gasteiger partial charge in [-0.3, -0.25) is 4.72 Å². The fraction of sp³-hybridized carbons (Fsp3) is 0.143. The Morgan fingerprint density at radius 2 is 1.70 bits per heavy atom. The summed E-state index contributed by atoms with van der Waals surface area (Å²) in [4.78, 5) is 0.244. The van der Waals surface area contributed by atoms with E-state index < -0.39 is 10.0 Å². The minimum atomic E-state index is -3.64. The lowest BCUT2D eigenvalue weighted by molar-refractivity contribution is 0.600. The Morgan fingerprint density at radius 1 is 1.05 bits per heavy atom. The topological polar surface area (TPSA) is 72.2 Å². The van der Waals surface area contributed by atoms with Crippen LogP contribution in [-0.2, 0) is 10.0 Å². The van der Waals surface area contributed by atoms with Gasteiger partial charge in [-0.15, -0.1) is 0 Å². The molecular weight excluding hydrogens is 340 g/mol. The second-order valence-corrected chi connectivity index (χ2v) is 7.16. The summed E-state index contributed by atoms with van der Waals surface area (Å²) in [7, 11) is -3.64. The number of halogens is 1. The maximum absolute atomic E-state index is 12.5. The highest BCUT2D eigenvalue weighted by Crippen LogP contribution is 2.25. The molecule has 0 radical (unpaired) electrons. The smallest absolute Gasteiger partial charge is 0.262 e. The Labute approximate surface area is 127 Å². The quantitative estimate of drug-likeness (QED) is 0.829. The number of aryl methyl sites for hydroxylation is 2. The van der Waals surface area contributed by atoms with Crippen LogP contribution in [-0.4, -0.2) is 8.42 Å². The van der Waals surface area contributed by atoms with E-state index in [1.54, 1.807) is 43.3 Å². The first-order valence-corrected chi connectivity index (χ1v) is 8.22. The van der Waals surface area contributed by atoms with Crippen LogP contribution < -0.4 is 10.5 Å². The summed E-state index contributed by atoms with van der Waals surface area (Å²) in [5.41, 5.74) is 8.20. The summed E-state index contributed by atoms with van der Waals surface area (Å²) >= 11 is 3.29. The highest BCUT2D eigenvalue weighted by molar-refractivity contribution is 9.10. The molecule has 2 aromatic carbocycles. The van der Waals surface area contributed by atoms with Crippen LogP contribution in [0.1, 0.15) is 11.1 Å². The predicted molar refractivity (Wildman–Crippen MR) is 85.3 cm³/mol. The van der Waals surface area contributed by atoms with E-state index in [2.05, 4.69) is 20.7 Å². The van der Waals surface area contributed by atoms with Crippen molar-refractivity contribution < 1.29 is 8.42 Å². The SMILES string of the molecule is Cc1ccc(N)cc1NS(=O)(=O)c1cc(Br)ccc1C. The van der Waals surface area contributed by atoms with Crippen LogP contribution in [0.25, 0.3) is 0 Å². The van der Waals surface area contributed by atoms with Crippen LogP contribution in [0.2, 0.25) is 0 Å². The van der Waals surface area contributed by atoms with Gasteiger partial charge in [0.2, 0.25) is 0 Å². The highest BCUT2D eigenvalue weighted by atomic mass is 79.9. The van der Waals surface area contributed by atoms with Crippen molar-refractivity contribution in [3.63, 3.8) is 0 Å². The number of nitrogen functional groups attached to an aromatic ring is 1. The molecule has 20 heavy (non-hydrogen) atoms. The van der Waals surface area contributed by atoms with Gasteiger partial charge < -0.3 is 5.73 Å². The molecule has 0 aliphatic rings. The number of hydrogen-bond donors (Lipinski definition) is 2. The third-order valence-corrected chi connectivity index (χ3v) is 4.95. The van der Waals surface area contributed by atoms with Gasteiger partial charge in [0.15, 0.2) is 0 Å². The molecule has 0 aromatic heterocycles. The van der Waals surface area contributed by atoms with E-state index in [1.165, 1.54) is 0 Å². The van der Waals surface area contributed by atoms with Crippen molar-refractivity contribution in [1.82, 2.24) is 0 Å². The second-order valence-electron chi connectivity index (χ2n) is 4.59. The van der Waals surface area contributed by atoms with Gasteiger partial charge in [-0.05, 0) is 49.2 Å². The van der Waals surface area contributed by atoms with E-state index in [-0.39, 0.29) is 4.90 Å². The minimum absolute atomic E-state index is 0.244. The van der Waals surface area contributed by atoms with Crippen LogP contribution in [0.15, 0.2) is 45.8 Å². The molecule has 2 aromatic rings. The van der Waals surface area contributed by atoms with E-state index in [0.29, 0.717) is 21.4 Å². The predicted octanol–water partition coefficient (Wildman–Crippen LogP) is 3.45. The first kappa shape index (κ1) is 14.9. The maximum Gasteiger partial charge on any atom is 0.262 e. The summed E-state index contributed by atoms with van der Waals surface area (Å²) in [6.45, 7) is 3.58. The van der Waals surface area contributed by atoms with Crippen LogP contribution in [0.5, 0.6) is 0 Å². The van der Waals surface area contributed by atoms with Crippen LogP contribution >= 0.6 is 15.9 Å².